The van der Waals surface area contributed by atoms with Gasteiger partial charge >= 0.3 is 0 Å². The van der Waals surface area contributed by atoms with E-state index >= 15 is 0 Å². The van der Waals surface area contributed by atoms with Crippen molar-refractivity contribution in [2.75, 3.05) is 26.2 Å². The number of ether oxygens (including phenoxy) is 1. The zero-order valence-corrected chi connectivity index (χ0v) is 10.6. The number of halogens is 1. The highest BCUT2D eigenvalue weighted by atomic mass is 35.5. The van der Waals surface area contributed by atoms with E-state index in [1.165, 1.54) is 19.3 Å². The van der Waals surface area contributed by atoms with Crippen molar-refractivity contribution in [1.82, 2.24) is 10.6 Å². The summed E-state index contributed by atoms with van der Waals surface area (Å²) in [6, 6.07) is 0. The Labute approximate surface area is 103 Å². The average Bonchev–Trinajstić information content (AvgIpc) is 2.09. The molecule has 0 bridgehead atoms. The first-order chi connectivity index (χ1) is 7.18. The van der Waals surface area contributed by atoms with Gasteiger partial charge in [0.25, 0.3) is 0 Å². The highest BCUT2D eigenvalue weighted by molar-refractivity contribution is 5.85. The molecule has 0 aromatic carbocycles. The smallest absolute Gasteiger partial charge is 0.246 e. The molecule has 1 aliphatic carbocycles. The molecule has 0 unspecified atom stereocenters. The van der Waals surface area contributed by atoms with E-state index in [0.717, 1.165) is 19.6 Å². The molecule has 1 amide bonds. The summed E-state index contributed by atoms with van der Waals surface area (Å²) in [7, 11) is 0. The molecular formula is C11H21ClN2O2. The normalized spacial score (nSPS) is 22.6. The van der Waals surface area contributed by atoms with Gasteiger partial charge in [-0.3, -0.25) is 4.79 Å². The van der Waals surface area contributed by atoms with Crippen LogP contribution in [0.5, 0.6) is 0 Å². The Morgan fingerprint density at radius 2 is 2.19 bits per heavy atom. The van der Waals surface area contributed by atoms with E-state index in [2.05, 4.69) is 17.6 Å². The summed E-state index contributed by atoms with van der Waals surface area (Å²) in [4.78, 5) is 11.4. The van der Waals surface area contributed by atoms with Crippen LogP contribution in [0.25, 0.3) is 0 Å². The van der Waals surface area contributed by atoms with Crippen LogP contribution >= 0.6 is 12.4 Å². The molecule has 0 aromatic rings. The third kappa shape index (κ3) is 3.61. The molecule has 16 heavy (non-hydrogen) atoms. The van der Waals surface area contributed by atoms with Gasteiger partial charge < -0.3 is 15.4 Å². The number of carbonyl (C=O) groups is 1. The molecule has 2 N–H and O–H groups in total. The minimum Gasteiger partial charge on any atom is -0.366 e. The first-order valence-corrected chi connectivity index (χ1v) is 5.77. The Hall–Kier alpha value is -0.320. The second-order valence-electron chi connectivity index (χ2n) is 5.03. The first-order valence-electron chi connectivity index (χ1n) is 5.77. The van der Waals surface area contributed by atoms with E-state index < -0.39 is 0 Å². The lowest BCUT2D eigenvalue weighted by Crippen LogP contribution is -2.50. The Morgan fingerprint density at radius 3 is 2.62 bits per heavy atom. The Balaban J connectivity index is 0.00000128. The molecule has 0 radical (unpaired) electrons. The monoisotopic (exact) mass is 248 g/mol. The molecule has 1 saturated carbocycles. The molecule has 94 valence electrons. The fraction of sp³-hybridized carbons (Fsp3) is 0.909. The highest BCUT2D eigenvalue weighted by Gasteiger charge is 2.31. The average molecular weight is 249 g/mol. The summed E-state index contributed by atoms with van der Waals surface area (Å²) in [6.45, 7) is 5.00. The van der Waals surface area contributed by atoms with Gasteiger partial charge in [-0.2, -0.15) is 0 Å². The third-order valence-corrected chi connectivity index (χ3v) is 3.47. The summed E-state index contributed by atoms with van der Waals surface area (Å²) in [5, 5.41) is 6.05. The molecule has 0 aromatic heterocycles. The zero-order valence-electron chi connectivity index (χ0n) is 9.75. The number of amides is 1. The van der Waals surface area contributed by atoms with Crippen molar-refractivity contribution in [3.05, 3.63) is 0 Å². The Morgan fingerprint density at radius 1 is 1.50 bits per heavy atom. The Bertz CT molecular complexity index is 240. The van der Waals surface area contributed by atoms with Crippen molar-refractivity contribution in [2.24, 2.45) is 5.41 Å². The van der Waals surface area contributed by atoms with Crippen LogP contribution in [0, 0.1) is 5.41 Å². The number of hydrogen-bond donors (Lipinski definition) is 2. The Kier molecular flexibility index (Phi) is 5.02. The van der Waals surface area contributed by atoms with Crippen LogP contribution < -0.4 is 10.6 Å². The number of hydrogen-bond acceptors (Lipinski definition) is 3. The molecule has 2 fully saturated rings. The van der Waals surface area contributed by atoms with Crippen LogP contribution in [0.4, 0.5) is 0 Å². The van der Waals surface area contributed by atoms with Crippen LogP contribution in [0.15, 0.2) is 0 Å². The van der Waals surface area contributed by atoms with Gasteiger partial charge in [-0.1, -0.05) is 13.3 Å². The summed E-state index contributed by atoms with van der Waals surface area (Å²) in [5.74, 6) is 0.0232. The molecule has 4 nitrogen and oxygen atoms in total. The maximum Gasteiger partial charge on any atom is 0.246 e. The molecule has 0 spiro atoms. The number of rotatable bonds is 5. The van der Waals surface area contributed by atoms with Crippen LogP contribution in [-0.2, 0) is 9.53 Å². The second-order valence-corrected chi connectivity index (χ2v) is 5.03. The topological polar surface area (TPSA) is 50.4 Å². The SMILES string of the molecule is CC1(CNC(=O)COC2CNC2)CCC1.Cl. The minimum atomic E-state index is 0. The predicted octanol–water partition coefficient (Wildman–Crippen LogP) is 0.703. The zero-order chi connectivity index (χ0) is 10.7. The summed E-state index contributed by atoms with van der Waals surface area (Å²) < 4.78 is 5.38. The van der Waals surface area contributed by atoms with Crippen molar-refractivity contribution in [3.8, 4) is 0 Å². The van der Waals surface area contributed by atoms with Gasteiger partial charge in [-0.05, 0) is 18.3 Å². The predicted molar refractivity (Wildman–Crippen MR) is 64.8 cm³/mol. The minimum absolute atomic E-state index is 0. The molecule has 1 aliphatic heterocycles. The van der Waals surface area contributed by atoms with Crippen LogP contribution in [0.3, 0.4) is 0 Å². The maximum atomic E-state index is 11.4. The molecule has 5 heteroatoms. The van der Waals surface area contributed by atoms with E-state index in [1.54, 1.807) is 0 Å². The highest BCUT2D eigenvalue weighted by Crippen LogP contribution is 2.39. The maximum absolute atomic E-state index is 11.4. The van der Waals surface area contributed by atoms with Crippen molar-refractivity contribution >= 4 is 18.3 Å². The van der Waals surface area contributed by atoms with Gasteiger partial charge in [-0.25, -0.2) is 0 Å². The largest absolute Gasteiger partial charge is 0.366 e. The van der Waals surface area contributed by atoms with Crippen molar-refractivity contribution in [3.63, 3.8) is 0 Å². The molecule has 1 saturated heterocycles. The lowest BCUT2D eigenvalue weighted by molar-refractivity contribution is -0.129. The summed E-state index contributed by atoms with van der Waals surface area (Å²) in [5.41, 5.74) is 0.355. The van der Waals surface area contributed by atoms with Crippen LogP contribution in [-0.4, -0.2) is 38.3 Å². The second kappa shape index (κ2) is 5.84. The standard InChI is InChI=1S/C11H20N2O2.ClH/c1-11(3-2-4-11)8-13-10(14)7-15-9-5-12-6-9;/h9,12H,2-8H2,1H3,(H,13,14);1H. The fourth-order valence-corrected chi connectivity index (χ4v) is 1.89. The molecular weight excluding hydrogens is 228 g/mol. The van der Waals surface area contributed by atoms with Gasteiger partial charge in [0.15, 0.2) is 0 Å². The number of nitrogens with one attached hydrogen (secondary N) is 2. The quantitative estimate of drug-likeness (QED) is 0.753. The van der Waals surface area contributed by atoms with E-state index in [4.69, 9.17) is 4.74 Å². The lowest BCUT2D eigenvalue weighted by atomic mass is 9.70. The van der Waals surface area contributed by atoms with Crippen LogP contribution in [0.1, 0.15) is 26.2 Å². The molecule has 1 heterocycles. The first kappa shape index (κ1) is 13.7. The van der Waals surface area contributed by atoms with Crippen LogP contribution in [0.2, 0.25) is 0 Å². The molecule has 2 aliphatic rings. The van der Waals surface area contributed by atoms with Gasteiger partial charge in [-0.15, -0.1) is 12.4 Å². The van der Waals surface area contributed by atoms with Crippen molar-refractivity contribution in [1.29, 1.82) is 0 Å². The van der Waals surface area contributed by atoms with E-state index in [0.29, 0.717) is 5.41 Å². The van der Waals surface area contributed by atoms with E-state index in [1.807, 2.05) is 0 Å². The third-order valence-electron chi connectivity index (χ3n) is 3.47. The summed E-state index contributed by atoms with van der Waals surface area (Å²) in [6.07, 6.45) is 4.02. The number of carbonyl (C=O) groups excluding carboxylic acids is 1. The summed E-state index contributed by atoms with van der Waals surface area (Å²) >= 11 is 0. The van der Waals surface area contributed by atoms with Gasteiger partial charge in [0.2, 0.25) is 5.91 Å². The van der Waals surface area contributed by atoms with E-state index in [-0.39, 0.29) is 31.0 Å². The van der Waals surface area contributed by atoms with Crippen molar-refractivity contribution in [2.45, 2.75) is 32.3 Å². The molecule has 2 rings (SSSR count). The fourth-order valence-electron chi connectivity index (χ4n) is 1.89. The molecule has 0 atom stereocenters. The van der Waals surface area contributed by atoms with E-state index in [9.17, 15) is 4.79 Å². The van der Waals surface area contributed by atoms with Gasteiger partial charge in [0.05, 0.1) is 6.10 Å². The lowest BCUT2D eigenvalue weighted by Gasteiger charge is -2.38. The van der Waals surface area contributed by atoms with Crippen molar-refractivity contribution < 1.29 is 9.53 Å². The van der Waals surface area contributed by atoms with Gasteiger partial charge in [0, 0.05) is 19.6 Å². The van der Waals surface area contributed by atoms with Gasteiger partial charge in [0.1, 0.15) is 6.61 Å².